The second kappa shape index (κ2) is 4.83. The SMILES string of the molecule is CC(C(=O)O)N(C)S(=O)(=O)c1ccc(C#N)s1. The predicted octanol–water partition coefficient (Wildman–Crippen LogP) is 0.713. The van der Waals surface area contributed by atoms with Gasteiger partial charge in [-0.15, -0.1) is 11.3 Å². The Hall–Kier alpha value is -1.43. The zero-order chi connectivity index (χ0) is 13.2. The van der Waals surface area contributed by atoms with Crippen molar-refractivity contribution in [3.8, 4) is 6.07 Å². The van der Waals surface area contributed by atoms with Crippen LogP contribution in [0.3, 0.4) is 0 Å². The number of likely N-dealkylation sites (N-methyl/N-ethyl adjacent to an activating group) is 1. The molecule has 0 aliphatic rings. The smallest absolute Gasteiger partial charge is 0.321 e. The maximum atomic E-state index is 12.0. The molecule has 0 saturated carbocycles. The minimum absolute atomic E-state index is 0.0374. The molecule has 1 atom stereocenters. The lowest BCUT2D eigenvalue weighted by molar-refractivity contribution is -0.140. The molecule has 0 radical (unpaired) electrons. The van der Waals surface area contributed by atoms with E-state index in [1.165, 1.54) is 26.1 Å². The maximum absolute atomic E-state index is 12.0. The fraction of sp³-hybridized carbons (Fsp3) is 0.333. The Balaban J connectivity index is 3.12. The molecule has 0 fully saturated rings. The van der Waals surface area contributed by atoms with Crippen molar-refractivity contribution in [2.24, 2.45) is 0 Å². The van der Waals surface area contributed by atoms with E-state index in [1.807, 2.05) is 6.07 Å². The lowest BCUT2D eigenvalue weighted by Crippen LogP contribution is -2.39. The van der Waals surface area contributed by atoms with Crippen LogP contribution in [0.25, 0.3) is 0 Å². The molecule has 1 aromatic heterocycles. The van der Waals surface area contributed by atoms with E-state index < -0.39 is 22.0 Å². The topological polar surface area (TPSA) is 98.5 Å². The molecule has 1 aromatic rings. The van der Waals surface area contributed by atoms with E-state index in [4.69, 9.17) is 10.4 Å². The average molecular weight is 274 g/mol. The number of aliphatic carboxylic acids is 1. The number of hydrogen-bond donors (Lipinski definition) is 1. The molecule has 8 heteroatoms. The van der Waals surface area contributed by atoms with E-state index in [-0.39, 0.29) is 9.09 Å². The Morgan fingerprint density at radius 3 is 2.59 bits per heavy atom. The van der Waals surface area contributed by atoms with Crippen molar-refractivity contribution in [2.75, 3.05) is 7.05 Å². The second-order valence-corrected chi connectivity index (χ2v) is 6.57. The number of sulfonamides is 1. The van der Waals surface area contributed by atoms with Crippen LogP contribution in [0.4, 0.5) is 0 Å². The molecular formula is C9H10N2O4S2. The molecule has 0 saturated heterocycles. The van der Waals surface area contributed by atoms with Gasteiger partial charge in [0.05, 0.1) is 0 Å². The molecular weight excluding hydrogens is 264 g/mol. The molecule has 0 amide bonds. The minimum Gasteiger partial charge on any atom is -0.480 e. The molecule has 1 heterocycles. The monoisotopic (exact) mass is 274 g/mol. The Morgan fingerprint density at radius 2 is 2.18 bits per heavy atom. The van der Waals surface area contributed by atoms with Gasteiger partial charge < -0.3 is 5.11 Å². The number of carbonyl (C=O) groups is 1. The first-order chi connectivity index (χ1) is 7.80. The first-order valence-electron chi connectivity index (χ1n) is 4.51. The Morgan fingerprint density at radius 1 is 1.59 bits per heavy atom. The van der Waals surface area contributed by atoms with Gasteiger partial charge in [-0.2, -0.15) is 9.57 Å². The number of carboxylic acids is 1. The van der Waals surface area contributed by atoms with Crippen LogP contribution in [0, 0.1) is 11.3 Å². The summed E-state index contributed by atoms with van der Waals surface area (Å²) in [6.45, 7) is 1.28. The van der Waals surface area contributed by atoms with Gasteiger partial charge in [0.15, 0.2) is 0 Å². The van der Waals surface area contributed by atoms with Crippen LogP contribution in [0.2, 0.25) is 0 Å². The normalized spacial score (nSPS) is 13.3. The van der Waals surface area contributed by atoms with E-state index in [0.29, 0.717) is 0 Å². The standard InChI is InChI=1S/C9H10N2O4S2/c1-6(9(12)13)11(2)17(14,15)8-4-3-7(5-10)16-8/h3-4,6H,1-2H3,(H,12,13). The molecule has 17 heavy (non-hydrogen) atoms. The largest absolute Gasteiger partial charge is 0.480 e. The number of thiophene rings is 1. The van der Waals surface area contributed by atoms with E-state index >= 15 is 0 Å². The van der Waals surface area contributed by atoms with Crippen LogP contribution in [0.5, 0.6) is 0 Å². The lowest BCUT2D eigenvalue weighted by atomic mass is 10.4. The van der Waals surface area contributed by atoms with Gasteiger partial charge in [0.1, 0.15) is 21.2 Å². The molecule has 1 unspecified atom stereocenters. The van der Waals surface area contributed by atoms with Crippen LogP contribution in [-0.2, 0) is 14.8 Å². The van der Waals surface area contributed by atoms with Gasteiger partial charge >= 0.3 is 5.97 Å². The van der Waals surface area contributed by atoms with Crippen molar-refractivity contribution >= 4 is 27.3 Å². The zero-order valence-corrected chi connectivity index (χ0v) is 10.7. The molecule has 0 aromatic carbocycles. The van der Waals surface area contributed by atoms with Crippen molar-refractivity contribution in [1.82, 2.24) is 4.31 Å². The van der Waals surface area contributed by atoms with E-state index in [9.17, 15) is 13.2 Å². The van der Waals surface area contributed by atoms with Crippen LogP contribution in [-0.4, -0.2) is 36.9 Å². The Kier molecular flexibility index (Phi) is 3.87. The van der Waals surface area contributed by atoms with Gasteiger partial charge in [-0.25, -0.2) is 8.42 Å². The number of nitrogens with zero attached hydrogens (tertiary/aromatic N) is 2. The Labute approximate surface area is 103 Å². The molecule has 6 nitrogen and oxygen atoms in total. The third-order valence-electron chi connectivity index (χ3n) is 2.23. The van der Waals surface area contributed by atoms with Crippen molar-refractivity contribution in [3.05, 3.63) is 17.0 Å². The number of nitriles is 1. The highest BCUT2D eigenvalue weighted by atomic mass is 32.2. The van der Waals surface area contributed by atoms with E-state index in [0.717, 1.165) is 15.6 Å². The zero-order valence-electron chi connectivity index (χ0n) is 9.11. The fourth-order valence-corrected chi connectivity index (χ4v) is 3.63. The summed E-state index contributed by atoms with van der Waals surface area (Å²) in [6.07, 6.45) is 0. The highest BCUT2D eigenvalue weighted by molar-refractivity contribution is 7.91. The van der Waals surface area contributed by atoms with Crippen molar-refractivity contribution in [2.45, 2.75) is 17.2 Å². The minimum atomic E-state index is -3.85. The van der Waals surface area contributed by atoms with Crippen molar-refractivity contribution < 1.29 is 18.3 Å². The van der Waals surface area contributed by atoms with Gasteiger partial charge in [0, 0.05) is 7.05 Å². The first-order valence-corrected chi connectivity index (χ1v) is 6.77. The van der Waals surface area contributed by atoms with Crippen molar-refractivity contribution in [1.29, 1.82) is 5.26 Å². The summed E-state index contributed by atoms with van der Waals surface area (Å²) < 4.78 is 24.7. The third kappa shape index (κ3) is 2.63. The highest BCUT2D eigenvalue weighted by Gasteiger charge is 2.30. The molecule has 0 spiro atoms. The average Bonchev–Trinajstić information content (AvgIpc) is 2.75. The van der Waals surface area contributed by atoms with Gasteiger partial charge in [-0.05, 0) is 19.1 Å². The quantitative estimate of drug-likeness (QED) is 0.872. The summed E-state index contributed by atoms with van der Waals surface area (Å²) in [7, 11) is -2.66. The van der Waals surface area contributed by atoms with E-state index in [1.54, 1.807) is 0 Å². The van der Waals surface area contributed by atoms with Gasteiger partial charge in [-0.3, -0.25) is 4.79 Å². The van der Waals surface area contributed by atoms with Crippen LogP contribution >= 0.6 is 11.3 Å². The number of hydrogen-bond acceptors (Lipinski definition) is 5. The molecule has 1 N–H and O–H groups in total. The summed E-state index contributed by atoms with van der Waals surface area (Å²) in [6, 6.07) is 3.35. The molecule has 92 valence electrons. The summed E-state index contributed by atoms with van der Waals surface area (Å²) in [5.74, 6) is -1.23. The molecule has 0 bridgehead atoms. The van der Waals surface area contributed by atoms with Crippen molar-refractivity contribution in [3.63, 3.8) is 0 Å². The summed E-state index contributed by atoms with van der Waals surface area (Å²) >= 11 is 0.814. The van der Waals surface area contributed by atoms with Crippen LogP contribution in [0.15, 0.2) is 16.3 Å². The summed E-state index contributed by atoms with van der Waals surface area (Å²) in [5, 5.41) is 17.4. The predicted molar refractivity (Wildman–Crippen MR) is 61.1 cm³/mol. The molecule has 0 aliphatic heterocycles. The summed E-state index contributed by atoms with van der Waals surface area (Å²) in [4.78, 5) is 11.0. The number of carboxylic acid groups (broad SMARTS) is 1. The fourth-order valence-electron chi connectivity index (χ4n) is 1.02. The van der Waals surface area contributed by atoms with Crippen LogP contribution in [0.1, 0.15) is 11.8 Å². The van der Waals surface area contributed by atoms with Crippen LogP contribution < -0.4 is 0 Å². The van der Waals surface area contributed by atoms with E-state index in [2.05, 4.69) is 0 Å². The molecule has 1 rings (SSSR count). The Bertz CT molecular complexity index is 570. The summed E-state index contributed by atoms with van der Waals surface area (Å²) in [5.41, 5.74) is 0. The maximum Gasteiger partial charge on any atom is 0.321 e. The number of rotatable bonds is 4. The first kappa shape index (κ1) is 13.6. The second-order valence-electron chi connectivity index (χ2n) is 3.27. The van der Waals surface area contributed by atoms with Gasteiger partial charge in [0.2, 0.25) is 0 Å². The van der Waals surface area contributed by atoms with Gasteiger partial charge in [-0.1, -0.05) is 0 Å². The third-order valence-corrected chi connectivity index (χ3v) is 5.61. The lowest BCUT2D eigenvalue weighted by Gasteiger charge is -2.19. The highest BCUT2D eigenvalue weighted by Crippen LogP contribution is 2.24. The molecule has 0 aliphatic carbocycles. The van der Waals surface area contributed by atoms with Gasteiger partial charge in [0.25, 0.3) is 10.0 Å².